The van der Waals surface area contributed by atoms with Crippen LogP contribution in [0.25, 0.3) is 0 Å². The Labute approximate surface area is 164 Å². The molecule has 4 rings (SSSR count). The van der Waals surface area contributed by atoms with E-state index in [1.807, 2.05) is 54.6 Å². The predicted molar refractivity (Wildman–Crippen MR) is 108 cm³/mol. The van der Waals surface area contributed by atoms with E-state index in [0.717, 1.165) is 24.6 Å². The highest BCUT2D eigenvalue weighted by atomic mass is 16.5. The molecule has 2 heterocycles. The Bertz CT molecular complexity index is 870. The second kappa shape index (κ2) is 8.76. The summed E-state index contributed by atoms with van der Waals surface area (Å²) in [6.07, 6.45) is 4.06. The number of nitrogens with one attached hydrogen (secondary N) is 1. The number of carbonyl (C=O) groups excluding carboxylic acids is 1. The zero-order valence-corrected chi connectivity index (χ0v) is 15.7. The van der Waals surface area contributed by atoms with Crippen molar-refractivity contribution in [1.29, 1.82) is 0 Å². The van der Waals surface area contributed by atoms with Gasteiger partial charge in [-0.25, -0.2) is 0 Å². The van der Waals surface area contributed by atoms with E-state index in [9.17, 15) is 4.79 Å². The minimum atomic E-state index is -0.0954. The van der Waals surface area contributed by atoms with Gasteiger partial charge in [0.15, 0.2) is 0 Å². The molecule has 1 aliphatic heterocycles. The predicted octanol–water partition coefficient (Wildman–Crippen LogP) is 4.64. The number of para-hydroxylation sites is 1. The molecule has 2 aromatic carbocycles. The number of nitrogens with zero attached hydrogens (tertiary/aromatic N) is 1. The average molecular weight is 376 g/mol. The number of ether oxygens (including phenoxy) is 1. The number of rotatable bonds is 7. The molecule has 0 saturated carbocycles. The summed E-state index contributed by atoms with van der Waals surface area (Å²) >= 11 is 0. The van der Waals surface area contributed by atoms with Gasteiger partial charge in [-0.15, -0.1) is 0 Å². The first kappa shape index (κ1) is 18.3. The van der Waals surface area contributed by atoms with Crippen LogP contribution in [0.15, 0.2) is 77.4 Å². The van der Waals surface area contributed by atoms with E-state index in [0.29, 0.717) is 17.9 Å². The van der Waals surface area contributed by atoms with E-state index >= 15 is 0 Å². The third-order valence-corrected chi connectivity index (χ3v) is 5.00. The maximum Gasteiger partial charge on any atom is 0.251 e. The fourth-order valence-corrected chi connectivity index (χ4v) is 3.53. The third kappa shape index (κ3) is 4.43. The Morgan fingerprint density at radius 1 is 0.964 bits per heavy atom. The lowest BCUT2D eigenvalue weighted by atomic mass is 10.1. The number of hydrogen-bond donors (Lipinski definition) is 1. The second-order valence-corrected chi connectivity index (χ2v) is 6.92. The van der Waals surface area contributed by atoms with Crippen molar-refractivity contribution in [2.75, 3.05) is 19.6 Å². The molecule has 1 N–H and O–H groups in total. The van der Waals surface area contributed by atoms with Crippen LogP contribution in [0, 0.1) is 0 Å². The molecule has 0 aliphatic carbocycles. The van der Waals surface area contributed by atoms with E-state index in [2.05, 4.69) is 10.2 Å². The molecule has 0 bridgehead atoms. The van der Waals surface area contributed by atoms with E-state index in [-0.39, 0.29) is 11.9 Å². The van der Waals surface area contributed by atoms with Gasteiger partial charge in [-0.2, -0.15) is 0 Å². The largest absolute Gasteiger partial charge is 0.468 e. The number of benzene rings is 2. The zero-order chi connectivity index (χ0) is 19.2. The number of carbonyl (C=O) groups is 1. The van der Waals surface area contributed by atoms with Crippen LogP contribution in [0.2, 0.25) is 0 Å². The lowest BCUT2D eigenvalue weighted by Gasteiger charge is -2.26. The van der Waals surface area contributed by atoms with Crippen LogP contribution in [0.5, 0.6) is 11.5 Å². The highest BCUT2D eigenvalue weighted by molar-refractivity contribution is 5.94. The summed E-state index contributed by atoms with van der Waals surface area (Å²) in [6, 6.07) is 20.7. The van der Waals surface area contributed by atoms with Crippen LogP contribution < -0.4 is 10.1 Å². The van der Waals surface area contributed by atoms with Gasteiger partial charge in [0.2, 0.25) is 0 Å². The van der Waals surface area contributed by atoms with E-state index in [4.69, 9.17) is 9.15 Å². The van der Waals surface area contributed by atoms with Crippen LogP contribution in [-0.2, 0) is 0 Å². The van der Waals surface area contributed by atoms with Gasteiger partial charge in [0.25, 0.3) is 5.91 Å². The Kier molecular flexibility index (Phi) is 5.73. The summed E-state index contributed by atoms with van der Waals surface area (Å²) in [5.41, 5.74) is 0.611. The lowest BCUT2D eigenvalue weighted by Crippen LogP contribution is -2.36. The second-order valence-electron chi connectivity index (χ2n) is 6.92. The molecular formula is C23H24N2O3. The summed E-state index contributed by atoms with van der Waals surface area (Å²) in [5, 5.41) is 3.05. The molecule has 1 saturated heterocycles. The molecule has 1 unspecified atom stereocenters. The maximum absolute atomic E-state index is 12.6. The number of furan rings is 1. The van der Waals surface area contributed by atoms with Gasteiger partial charge in [-0.05, 0) is 74.5 Å². The fraction of sp³-hybridized carbons (Fsp3) is 0.261. The Morgan fingerprint density at radius 2 is 1.68 bits per heavy atom. The SMILES string of the molecule is O=C(NCC(c1ccco1)N1CCCC1)c1ccc(Oc2ccccc2)cc1. The highest BCUT2D eigenvalue weighted by Crippen LogP contribution is 2.25. The first-order chi connectivity index (χ1) is 13.8. The maximum atomic E-state index is 12.6. The van der Waals surface area contributed by atoms with Crippen molar-refractivity contribution in [3.8, 4) is 11.5 Å². The highest BCUT2D eigenvalue weighted by Gasteiger charge is 2.26. The molecule has 0 spiro atoms. The quantitative estimate of drug-likeness (QED) is 0.653. The van der Waals surface area contributed by atoms with Crippen molar-refractivity contribution in [3.05, 3.63) is 84.3 Å². The van der Waals surface area contributed by atoms with Crippen molar-refractivity contribution < 1.29 is 13.9 Å². The minimum Gasteiger partial charge on any atom is -0.468 e. The Balaban J connectivity index is 1.37. The standard InChI is InChI=1S/C23H24N2O3/c26-23(18-10-12-20(13-11-18)28-19-7-2-1-3-8-19)24-17-21(22-9-6-16-27-22)25-14-4-5-15-25/h1-3,6-13,16,21H,4-5,14-15,17H2,(H,24,26). The first-order valence-corrected chi connectivity index (χ1v) is 9.68. The van der Waals surface area contributed by atoms with Crippen LogP contribution >= 0.6 is 0 Å². The monoisotopic (exact) mass is 376 g/mol. The summed E-state index contributed by atoms with van der Waals surface area (Å²) in [4.78, 5) is 15.0. The van der Waals surface area contributed by atoms with Crippen LogP contribution in [0.3, 0.4) is 0 Å². The summed E-state index contributed by atoms with van der Waals surface area (Å²) in [6.45, 7) is 2.59. The molecule has 1 aromatic heterocycles. The summed E-state index contributed by atoms with van der Waals surface area (Å²) < 4.78 is 11.4. The molecule has 1 amide bonds. The molecule has 1 fully saturated rings. The minimum absolute atomic E-state index is 0.0714. The molecular weight excluding hydrogens is 352 g/mol. The Morgan fingerprint density at radius 3 is 2.36 bits per heavy atom. The van der Waals surface area contributed by atoms with Crippen molar-refractivity contribution in [3.63, 3.8) is 0 Å². The number of amides is 1. The molecule has 28 heavy (non-hydrogen) atoms. The summed E-state index contributed by atoms with van der Waals surface area (Å²) in [5.74, 6) is 2.27. The lowest BCUT2D eigenvalue weighted by molar-refractivity contribution is 0.0934. The topological polar surface area (TPSA) is 54.7 Å². The van der Waals surface area contributed by atoms with E-state index in [1.54, 1.807) is 18.4 Å². The van der Waals surface area contributed by atoms with Gasteiger partial charge in [0.1, 0.15) is 17.3 Å². The van der Waals surface area contributed by atoms with Gasteiger partial charge >= 0.3 is 0 Å². The van der Waals surface area contributed by atoms with Gasteiger partial charge in [-0.1, -0.05) is 18.2 Å². The van der Waals surface area contributed by atoms with Gasteiger partial charge in [0.05, 0.1) is 12.3 Å². The third-order valence-electron chi connectivity index (χ3n) is 5.00. The summed E-state index contributed by atoms with van der Waals surface area (Å²) in [7, 11) is 0. The van der Waals surface area contributed by atoms with Crippen molar-refractivity contribution in [2.24, 2.45) is 0 Å². The van der Waals surface area contributed by atoms with Crippen molar-refractivity contribution in [2.45, 2.75) is 18.9 Å². The molecule has 1 aliphatic rings. The van der Waals surface area contributed by atoms with Crippen molar-refractivity contribution >= 4 is 5.91 Å². The smallest absolute Gasteiger partial charge is 0.251 e. The molecule has 3 aromatic rings. The molecule has 5 nitrogen and oxygen atoms in total. The molecule has 1 atom stereocenters. The van der Waals surface area contributed by atoms with E-state index < -0.39 is 0 Å². The van der Waals surface area contributed by atoms with Crippen LogP contribution in [0.4, 0.5) is 0 Å². The molecule has 144 valence electrons. The van der Waals surface area contributed by atoms with Gasteiger partial charge in [0, 0.05) is 12.1 Å². The van der Waals surface area contributed by atoms with E-state index in [1.165, 1.54) is 12.8 Å². The normalized spacial score (nSPS) is 15.3. The van der Waals surface area contributed by atoms with Gasteiger partial charge < -0.3 is 14.5 Å². The average Bonchev–Trinajstić information content (AvgIpc) is 3.44. The van der Waals surface area contributed by atoms with Crippen molar-refractivity contribution in [1.82, 2.24) is 10.2 Å². The van der Waals surface area contributed by atoms with Crippen LogP contribution in [-0.4, -0.2) is 30.4 Å². The number of hydrogen-bond acceptors (Lipinski definition) is 4. The van der Waals surface area contributed by atoms with Gasteiger partial charge in [-0.3, -0.25) is 9.69 Å². The first-order valence-electron chi connectivity index (χ1n) is 9.68. The number of likely N-dealkylation sites (tertiary alicyclic amines) is 1. The Hall–Kier alpha value is -3.05. The fourth-order valence-electron chi connectivity index (χ4n) is 3.53. The molecule has 0 radical (unpaired) electrons. The van der Waals surface area contributed by atoms with Crippen LogP contribution in [0.1, 0.15) is 35.0 Å². The molecule has 5 heteroatoms. The zero-order valence-electron chi connectivity index (χ0n) is 15.7.